The zero-order chi connectivity index (χ0) is 19.1. The summed E-state index contributed by atoms with van der Waals surface area (Å²) in [7, 11) is 0. The van der Waals surface area contributed by atoms with Crippen LogP contribution in [-0.4, -0.2) is 32.1 Å². The van der Waals surface area contributed by atoms with Crippen LogP contribution in [0.25, 0.3) is 5.69 Å². The molecule has 0 saturated carbocycles. The molecule has 0 bridgehead atoms. The van der Waals surface area contributed by atoms with Crippen molar-refractivity contribution in [2.24, 2.45) is 0 Å². The number of non-ortho nitro benzene ring substituents is 1. The van der Waals surface area contributed by atoms with Gasteiger partial charge in [-0.15, -0.1) is 0 Å². The molecular formula is C18H18N6O3. The Labute approximate surface area is 155 Å². The van der Waals surface area contributed by atoms with Gasteiger partial charge < -0.3 is 10.6 Å². The number of nitro groups is 1. The summed E-state index contributed by atoms with van der Waals surface area (Å²) in [5, 5.41) is 20.6. The van der Waals surface area contributed by atoms with Gasteiger partial charge in [0, 0.05) is 36.5 Å². The highest BCUT2D eigenvalue weighted by molar-refractivity contribution is 5.90. The molecule has 1 heterocycles. The number of nitrogens with zero attached hydrogens (tertiary/aromatic N) is 4. The molecule has 9 heteroatoms. The van der Waals surface area contributed by atoms with Crippen LogP contribution in [0.3, 0.4) is 0 Å². The summed E-state index contributed by atoms with van der Waals surface area (Å²) in [4.78, 5) is 26.1. The number of hydrogen-bond donors (Lipinski definition) is 2. The second-order valence-corrected chi connectivity index (χ2v) is 5.77. The molecule has 0 spiro atoms. The Morgan fingerprint density at radius 1 is 1.07 bits per heavy atom. The first-order chi connectivity index (χ1) is 13.1. The van der Waals surface area contributed by atoms with Gasteiger partial charge in [0.1, 0.15) is 12.7 Å². The minimum Gasteiger partial charge on any atom is -0.385 e. The van der Waals surface area contributed by atoms with Gasteiger partial charge in [-0.1, -0.05) is 0 Å². The molecule has 0 aliphatic carbocycles. The smallest absolute Gasteiger partial charge is 0.269 e. The summed E-state index contributed by atoms with van der Waals surface area (Å²) in [5.41, 5.74) is 2.41. The molecular weight excluding hydrogens is 348 g/mol. The molecule has 138 valence electrons. The van der Waals surface area contributed by atoms with E-state index in [1.807, 2.05) is 24.3 Å². The van der Waals surface area contributed by atoms with Crippen molar-refractivity contribution >= 4 is 23.0 Å². The van der Waals surface area contributed by atoms with Crippen molar-refractivity contribution in [3.05, 3.63) is 71.3 Å². The van der Waals surface area contributed by atoms with Crippen LogP contribution in [0, 0.1) is 10.1 Å². The predicted octanol–water partition coefficient (Wildman–Crippen LogP) is 3.01. The SMILES string of the molecule is O=C(CCCNc1ccc([N+](=O)[O-])cc1)Nc1ccc(-n2cncn2)cc1. The van der Waals surface area contributed by atoms with Gasteiger partial charge in [-0.2, -0.15) is 5.10 Å². The van der Waals surface area contributed by atoms with Crippen molar-refractivity contribution in [1.82, 2.24) is 14.8 Å². The zero-order valence-corrected chi connectivity index (χ0v) is 14.4. The van der Waals surface area contributed by atoms with Gasteiger partial charge in [-0.25, -0.2) is 9.67 Å². The number of anilines is 2. The fourth-order valence-corrected chi connectivity index (χ4v) is 2.45. The van der Waals surface area contributed by atoms with Gasteiger partial charge in [-0.05, 0) is 42.8 Å². The van der Waals surface area contributed by atoms with Crippen molar-refractivity contribution in [2.75, 3.05) is 17.2 Å². The number of carbonyl (C=O) groups excluding carboxylic acids is 1. The predicted molar refractivity (Wildman–Crippen MR) is 101 cm³/mol. The van der Waals surface area contributed by atoms with E-state index in [-0.39, 0.29) is 11.6 Å². The van der Waals surface area contributed by atoms with Gasteiger partial charge in [0.2, 0.25) is 5.91 Å². The Bertz CT molecular complexity index is 892. The molecule has 9 nitrogen and oxygen atoms in total. The number of rotatable bonds is 8. The van der Waals surface area contributed by atoms with Crippen molar-refractivity contribution in [1.29, 1.82) is 0 Å². The Hall–Kier alpha value is -3.75. The summed E-state index contributed by atoms with van der Waals surface area (Å²) in [6.45, 7) is 0.594. The van der Waals surface area contributed by atoms with Crippen LogP contribution in [0.2, 0.25) is 0 Å². The lowest BCUT2D eigenvalue weighted by Gasteiger charge is -2.08. The van der Waals surface area contributed by atoms with Crippen LogP contribution >= 0.6 is 0 Å². The van der Waals surface area contributed by atoms with Gasteiger partial charge in [0.15, 0.2) is 0 Å². The molecule has 0 aliphatic heterocycles. The van der Waals surface area contributed by atoms with E-state index < -0.39 is 4.92 Å². The largest absolute Gasteiger partial charge is 0.385 e. The van der Waals surface area contributed by atoms with E-state index in [2.05, 4.69) is 20.7 Å². The lowest BCUT2D eigenvalue weighted by molar-refractivity contribution is -0.384. The van der Waals surface area contributed by atoms with E-state index >= 15 is 0 Å². The highest BCUT2D eigenvalue weighted by Gasteiger charge is 2.05. The average molecular weight is 366 g/mol. The van der Waals surface area contributed by atoms with E-state index in [4.69, 9.17) is 0 Å². The molecule has 0 atom stereocenters. The third-order valence-electron chi connectivity index (χ3n) is 3.82. The second-order valence-electron chi connectivity index (χ2n) is 5.77. The summed E-state index contributed by atoms with van der Waals surface area (Å²) < 4.78 is 1.63. The topological polar surface area (TPSA) is 115 Å². The van der Waals surface area contributed by atoms with E-state index in [0.29, 0.717) is 25.1 Å². The number of benzene rings is 2. The standard InChI is InChI=1S/C18H18N6O3/c25-18(2-1-11-20-14-3-9-17(10-4-14)24(26)27)22-15-5-7-16(8-6-15)23-13-19-12-21-23/h3-10,12-13,20H,1-2,11H2,(H,22,25). The fraction of sp³-hybridized carbons (Fsp3) is 0.167. The van der Waals surface area contributed by atoms with Crippen LogP contribution in [0.5, 0.6) is 0 Å². The van der Waals surface area contributed by atoms with Crippen LogP contribution < -0.4 is 10.6 Å². The average Bonchev–Trinajstić information content (AvgIpc) is 3.21. The van der Waals surface area contributed by atoms with Crippen LogP contribution in [-0.2, 0) is 4.79 Å². The number of carbonyl (C=O) groups is 1. The first-order valence-corrected chi connectivity index (χ1v) is 8.35. The Balaban J connectivity index is 1.40. The minimum absolute atomic E-state index is 0.0507. The van der Waals surface area contributed by atoms with E-state index in [1.54, 1.807) is 23.1 Å². The minimum atomic E-state index is -0.438. The molecule has 1 amide bonds. The molecule has 1 aromatic heterocycles. The third-order valence-corrected chi connectivity index (χ3v) is 3.82. The van der Waals surface area contributed by atoms with Crippen LogP contribution in [0.4, 0.5) is 17.1 Å². The Morgan fingerprint density at radius 2 is 1.78 bits per heavy atom. The number of nitro benzene ring substituents is 1. The summed E-state index contributed by atoms with van der Waals surface area (Å²) >= 11 is 0. The molecule has 0 radical (unpaired) electrons. The maximum atomic E-state index is 12.0. The molecule has 0 fully saturated rings. The molecule has 2 aromatic carbocycles. The van der Waals surface area contributed by atoms with Crippen LogP contribution in [0.1, 0.15) is 12.8 Å². The molecule has 0 aliphatic rings. The highest BCUT2D eigenvalue weighted by Crippen LogP contribution is 2.16. The maximum absolute atomic E-state index is 12.0. The second kappa shape index (κ2) is 8.56. The zero-order valence-electron chi connectivity index (χ0n) is 14.4. The van der Waals surface area contributed by atoms with E-state index in [1.165, 1.54) is 18.5 Å². The summed E-state index contributed by atoms with van der Waals surface area (Å²) in [5.74, 6) is -0.0750. The Morgan fingerprint density at radius 3 is 2.41 bits per heavy atom. The lowest BCUT2D eigenvalue weighted by Crippen LogP contribution is -2.13. The molecule has 27 heavy (non-hydrogen) atoms. The van der Waals surface area contributed by atoms with Crippen molar-refractivity contribution < 1.29 is 9.72 Å². The van der Waals surface area contributed by atoms with Gasteiger partial charge in [0.25, 0.3) is 5.69 Å². The van der Waals surface area contributed by atoms with Gasteiger partial charge in [-0.3, -0.25) is 14.9 Å². The van der Waals surface area contributed by atoms with Crippen molar-refractivity contribution in [3.8, 4) is 5.69 Å². The summed E-state index contributed by atoms with van der Waals surface area (Å²) in [6.07, 6.45) is 4.07. The molecule has 0 saturated heterocycles. The van der Waals surface area contributed by atoms with Crippen molar-refractivity contribution in [2.45, 2.75) is 12.8 Å². The van der Waals surface area contributed by atoms with Gasteiger partial charge >= 0.3 is 0 Å². The highest BCUT2D eigenvalue weighted by atomic mass is 16.6. The normalized spacial score (nSPS) is 10.4. The number of aromatic nitrogens is 3. The molecule has 2 N–H and O–H groups in total. The fourth-order valence-electron chi connectivity index (χ4n) is 2.45. The first-order valence-electron chi connectivity index (χ1n) is 8.35. The quantitative estimate of drug-likeness (QED) is 0.360. The Kier molecular flexibility index (Phi) is 5.73. The molecule has 3 aromatic rings. The molecule has 3 rings (SSSR count). The monoisotopic (exact) mass is 366 g/mol. The van der Waals surface area contributed by atoms with Gasteiger partial charge in [0.05, 0.1) is 10.6 Å². The number of hydrogen-bond acceptors (Lipinski definition) is 6. The first kappa shape index (κ1) is 18.1. The van der Waals surface area contributed by atoms with Crippen molar-refractivity contribution in [3.63, 3.8) is 0 Å². The van der Waals surface area contributed by atoms with E-state index in [0.717, 1.165) is 11.4 Å². The number of nitrogens with one attached hydrogen (secondary N) is 2. The third kappa shape index (κ3) is 5.11. The number of amides is 1. The lowest BCUT2D eigenvalue weighted by atomic mass is 10.2. The summed E-state index contributed by atoms with van der Waals surface area (Å²) in [6, 6.07) is 13.5. The van der Waals surface area contributed by atoms with Crippen LogP contribution in [0.15, 0.2) is 61.2 Å². The molecule has 0 unspecified atom stereocenters. The van der Waals surface area contributed by atoms with E-state index in [9.17, 15) is 14.9 Å². The maximum Gasteiger partial charge on any atom is 0.269 e.